The van der Waals surface area contributed by atoms with E-state index in [4.69, 9.17) is 21.1 Å². The van der Waals surface area contributed by atoms with E-state index in [1.807, 2.05) is 13.8 Å². The highest BCUT2D eigenvalue weighted by Gasteiger charge is 2.36. The van der Waals surface area contributed by atoms with E-state index in [1.54, 1.807) is 32.4 Å². The molecule has 1 fully saturated rings. The Bertz CT molecular complexity index is 1030. The third-order valence-corrected chi connectivity index (χ3v) is 5.68. The minimum atomic E-state index is -0.999. The molecule has 2 N–H and O–H groups in total. The van der Waals surface area contributed by atoms with Crippen LogP contribution in [0.15, 0.2) is 23.0 Å². The fourth-order valence-electron chi connectivity index (χ4n) is 3.73. The second-order valence-corrected chi connectivity index (χ2v) is 7.66. The molecule has 168 valence electrons. The Kier molecular flexibility index (Phi) is 7.07. The van der Waals surface area contributed by atoms with Gasteiger partial charge in [-0.15, -0.1) is 0 Å². The molecule has 9 nitrogen and oxygen atoms in total. The van der Waals surface area contributed by atoms with Gasteiger partial charge in [0, 0.05) is 25.8 Å². The molecule has 0 saturated carbocycles. The summed E-state index contributed by atoms with van der Waals surface area (Å²) in [7, 11) is 3.20. The number of carboxylic acid groups (broad SMARTS) is 1. The van der Waals surface area contributed by atoms with E-state index in [0.29, 0.717) is 40.9 Å². The number of nitrogens with one attached hydrogen (secondary N) is 1. The van der Waals surface area contributed by atoms with Crippen molar-refractivity contribution in [2.45, 2.75) is 32.4 Å². The molecule has 2 aromatic rings. The van der Waals surface area contributed by atoms with Gasteiger partial charge >= 0.3 is 6.09 Å². The van der Waals surface area contributed by atoms with Crippen LogP contribution in [0.4, 0.5) is 10.6 Å². The van der Waals surface area contributed by atoms with Crippen molar-refractivity contribution in [1.82, 2.24) is 14.5 Å². The molecule has 2 atom stereocenters. The first-order chi connectivity index (χ1) is 14.8. The highest BCUT2D eigenvalue weighted by molar-refractivity contribution is 6.33. The lowest BCUT2D eigenvalue weighted by atomic mass is 10.1. The maximum atomic E-state index is 13.2. The van der Waals surface area contributed by atoms with Crippen LogP contribution in [-0.2, 0) is 18.2 Å². The monoisotopic (exact) mass is 450 g/mol. The van der Waals surface area contributed by atoms with Gasteiger partial charge in [0.1, 0.15) is 17.3 Å². The number of amides is 1. The molecule has 2 heterocycles. The SMILES string of the molecule is CCO[C@H]1CN(C(=O)O)C[C@H]1Nc1c(CC)nc(-c2ccc(OC)cc2Cl)c(=O)n1C. The highest BCUT2D eigenvalue weighted by atomic mass is 35.5. The van der Waals surface area contributed by atoms with Crippen molar-refractivity contribution < 1.29 is 19.4 Å². The number of anilines is 1. The summed E-state index contributed by atoms with van der Waals surface area (Å²) >= 11 is 6.38. The molecule has 0 unspecified atom stereocenters. The van der Waals surface area contributed by atoms with Crippen LogP contribution < -0.4 is 15.6 Å². The van der Waals surface area contributed by atoms with Gasteiger partial charge in [0.25, 0.3) is 5.56 Å². The number of likely N-dealkylation sites (tertiary alicyclic amines) is 1. The first-order valence-electron chi connectivity index (χ1n) is 10.1. The summed E-state index contributed by atoms with van der Waals surface area (Å²) in [5, 5.41) is 13.1. The Morgan fingerprint density at radius 3 is 2.68 bits per heavy atom. The van der Waals surface area contributed by atoms with Gasteiger partial charge in [-0.2, -0.15) is 0 Å². The zero-order valence-electron chi connectivity index (χ0n) is 18.0. The number of hydrogen-bond donors (Lipinski definition) is 2. The Morgan fingerprint density at radius 1 is 1.35 bits per heavy atom. The van der Waals surface area contributed by atoms with E-state index in [1.165, 1.54) is 9.47 Å². The summed E-state index contributed by atoms with van der Waals surface area (Å²) in [6.45, 7) is 4.79. The lowest BCUT2D eigenvalue weighted by molar-refractivity contribution is 0.0628. The number of nitrogens with zero attached hydrogens (tertiary/aromatic N) is 3. The molecule has 10 heteroatoms. The van der Waals surface area contributed by atoms with Crippen LogP contribution in [0.25, 0.3) is 11.3 Å². The Labute approximate surface area is 185 Å². The van der Waals surface area contributed by atoms with E-state index in [-0.39, 0.29) is 36.5 Å². The van der Waals surface area contributed by atoms with E-state index >= 15 is 0 Å². The number of hydrogen-bond acceptors (Lipinski definition) is 6. The van der Waals surface area contributed by atoms with Crippen molar-refractivity contribution in [2.75, 3.05) is 32.1 Å². The number of rotatable bonds is 7. The summed E-state index contributed by atoms with van der Waals surface area (Å²) in [6.07, 6.45) is -0.760. The van der Waals surface area contributed by atoms with Gasteiger partial charge in [-0.25, -0.2) is 9.78 Å². The molecule has 3 rings (SSSR count). The summed E-state index contributed by atoms with van der Waals surface area (Å²) in [6, 6.07) is 4.78. The van der Waals surface area contributed by atoms with Crippen LogP contribution in [0.1, 0.15) is 19.5 Å². The predicted molar refractivity (Wildman–Crippen MR) is 118 cm³/mol. The van der Waals surface area contributed by atoms with Crippen LogP contribution in [-0.4, -0.2) is 64.6 Å². The number of methoxy groups -OCH3 is 1. The lowest BCUT2D eigenvalue weighted by Gasteiger charge is -2.24. The first-order valence-corrected chi connectivity index (χ1v) is 10.5. The average Bonchev–Trinajstić information content (AvgIpc) is 3.15. The normalized spacial score (nSPS) is 18.3. The number of benzene rings is 1. The largest absolute Gasteiger partial charge is 0.497 e. The van der Waals surface area contributed by atoms with Crippen LogP contribution >= 0.6 is 11.6 Å². The minimum absolute atomic E-state index is 0.248. The van der Waals surface area contributed by atoms with Gasteiger partial charge in [0.15, 0.2) is 0 Å². The smallest absolute Gasteiger partial charge is 0.407 e. The zero-order chi connectivity index (χ0) is 22.7. The van der Waals surface area contributed by atoms with Crippen molar-refractivity contribution in [1.29, 1.82) is 0 Å². The molecule has 1 amide bonds. The second-order valence-electron chi connectivity index (χ2n) is 7.25. The zero-order valence-corrected chi connectivity index (χ0v) is 18.8. The number of carbonyl (C=O) groups is 1. The number of aromatic nitrogens is 2. The molecule has 0 aliphatic carbocycles. The Morgan fingerprint density at radius 2 is 2.10 bits per heavy atom. The third kappa shape index (κ3) is 4.62. The lowest BCUT2D eigenvalue weighted by Crippen LogP contribution is -2.37. The fourth-order valence-corrected chi connectivity index (χ4v) is 3.99. The molecular weight excluding hydrogens is 424 g/mol. The third-order valence-electron chi connectivity index (χ3n) is 5.37. The summed E-state index contributed by atoms with van der Waals surface area (Å²) in [4.78, 5) is 30.5. The van der Waals surface area contributed by atoms with E-state index in [0.717, 1.165) is 0 Å². The molecule has 1 aromatic carbocycles. The summed E-state index contributed by atoms with van der Waals surface area (Å²) in [5.41, 5.74) is 1.13. The van der Waals surface area contributed by atoms with Gasteiger partial charge in [-0.1, -0.05) is 18.5 Å². The van der Waals surface area contributed by atoms with Crippen molar-refractivity contribution in [2.24, 2.45) is 7.05 Å². The highest BCUT2D eigenvalue weighted by Crippen LogP contribution is 2.30. The van der Waals surface area contributed by atoms with Crippen LogP contribution in [0, 0.1) is 0 Å². The van der Waals surface area contributed by atoms with Gasteiger partial charge in [-0.3, -0.25) is 9.36 Å². The molecule has 1 aromatic heterocycles. The van der Waals surface area contributed by atoms with E-state index in [9.17, 15) is 14.7 Å². The van der Waals surface area contributed by atoms with E-state index in [2.05, 4.69) is 10.3 Å². The van der Waals surface area contributed by atoms with Gasteiger partial charge < -0.3 is 24.8 Å². The summed E-state index contributed by atoms with van der Waals surface area (Å²) in [5.74, 6) is 1.13. The maximum Gasteiger partial charge on any atom is 0.407 e. The molecular formula is C21H27ClN4O5. The van der Waals surface area contributed by atoms with Crippen molar-refractivity contribution in [3.8, 4) is 17.0 Å². The number of aryl methyl sites for hydroxylation is 1. The quantitative estimate of drug-likeness (QED) is 0.668. The Balaban J connectivity index is 2.00. The van der Waals surface area contributed by atoms with Crippen molar-refractivity contribution in [3.63, 3.8) is 0 Å². The maximum absolute atomic E-state index is 13.2. The molecule has 1 aliphatic heterocycles. The summed E-state index contributed by atoms with van der Waals surface area (Å²) < 4.78 is 12.4. The molecule has 0 bridgehead atoms. The van der Waals surface area contributed by atoms with Crippen LogP contribution in [0.3, 0.4) is 0 Å². The number of ether oxygens (including phenoxy) is 2. The topological polar surface area (TPSA) is 106 Å². The van der Waals surface area contributed by atoms with Gasteiger partial charge in [0.05, 0.1) is 36.5 Å². The molecule has 1 saturated heterocycles. The molecule has 0 radical (unpaired) electrons. The Hall–Kier alpha value is -2.78. The predicted octanol–water partition coefficient (Wildman–Crippen LogP) is 2.85. The average molecular weight is 451 g/mol. The second kappa shape index (κ2) is 9.57. The van der Waals surface area contributed by atoms with Gasteiger partial charge in [-0.05, 0) is 31.5 Å². The standard InChI is InChI=1S/C21H27ClN4O5/c1-5-15-19(24-16-10-26(21(28)29)11-17(16)31-6-2)25(3)20(27)18(23-15)13-8-7-12(30-4)9-14(13)22/h7-9,16-17,24H,5-6,10-11H2,1-4H3,(H,28,29)/t16-,17+/m1/s1. The van der Waals surface area contributed by atoms with Gasteiger partial charge in [0.2, 0.25) is 0 Å². The van der Waals surface area contributed by atoms with Crippen molar-refractivity contribution >= 4 is 23.5 Å². The first kappa shape index (κ1) is 22.9. The molecule has 1 aliphatic rings. The van der Waals surface area contributed by atoms with Crippen molar-refractivity contribution in [3.05, 3.63) is 39.3 Å². The fraction of sp³-hybridized carbons (Fsp3) is 0.476. The van der Waals surface area contributed by atoms with E-state index < -0.39 is 6.09 Å². The number of halogens is 1. The molecule has 0 spiro atoms. The van der Waals surface area contributed by atoms with Crippen LogP contribution in [0.5, 0.6) is 5.75 Å². The molecule has 31 heavy (non-hydrogen) atoms. The minimum Gasteiger partial charge on any atom is -0.497 e. The van der Waals surface area contributed by atoms with Crippen LogP contribution in [0.2, 0.25) is 5.02 Å².